The van der Waals surface area contributed by atoms with Crippen molar-refractivity contribution < 1.29 is 0 Å². The Labute approximate surface area is 107 Å². The molecule has 0 aliphatic heterocycles. The van der Waals surface area contributed by atoms with Crippen LogP contribution in [-0.2, 0) is 0 Å². The summed E-state index contributed by atoms with van der Waals surface area (Å²) in [5, 5.41) is 0. The van der Waals surface area contributed by atoms with Crippen LogP contribution in [0.1, 0.15) is 20.8 Å². The molecular formula is C12H20N6. The molecule has 18 heavy (non-hydrogen) atoms. The predicted octanol–water partition coefficient (Wildman–Crippen LogP) is 1.50. The molecule has 0 saturated heterocycles. The van der Waals surface area contributed by atoms with E-state index >= 15 is 0 Å². The molecule has 0 fully saturated rings. The third-order valence-electron chi connectivity index (χ3n) is 2.77. The zero-order valence-corrected chi connectivity index (χ0v) is 11.1. The van der Waals surface area contributed by atoms with Crippen molar-refractivity contribution in [1.29, 1.82) is 0 Å². The summed E-state index contributed by atoms with van der Waals surface area (Å²) in [7, 11) is 0. The summed E-state index contributed by atoms with van der Waals surface area (Å²) < 4.78 is 1.93. The quantitative estimate of drug-likeness (QED) is 0.619. The number of anilines is 2. The van der Waals surface area contributed by atoms with Gasteiger partial charge in [-0.05, 0) is 12.8 Å². The summed E-state index contributed by atoms with van der Waals surface area (Å²) in [5.74, 6) is 7.53. The van der Waals surface area contributed by atoms with Gasteiger partial charge in [0, 0.05) is 25.5 Å². The molecule has 0 aliphatic carbocycles. The van der Waals surface area contributed by atoms with E-state index in [1.54, 1.807) is 6.20 Å². The van der Waals surface area contributed by atoms with Crippen LogP contribution >= 0.6 is 0 Å². The van der Waals surface area contributed by atoms with Crippen LogP contribution in [0.4, 0.5) is 11.6 Å². The Morgan fingerprint density at radius 1 is 1.50 bits per heavy atom. The van der Waals surface area contributed by atoms with Crippen LogP contribution in [0.25, 0.3) is 5.65 Å². The van der Waals surface area contributed by atoms with E-state index in [9.17, 15) is 0 Å². The van der Waals surface area contributed by atoms with Crippen LogP contribution in [-0.4, -0.2) is 27.5 Å². The standard InChI is InChI=1S/C12H20N6/c1-4-17(7-9(2)3)12-11-14-5-6-18(11)8-10(15-12)16-13/h5-6,8-9,16H,4,7,13H2,1-3H3. The van der Waals surface area contributed by atoms with Gasteiger partial charge in [-0.3, -0.25) is 0 Å². The molecule has 6 nitrogen and oxygen atoms in total. The number of nitrogens with two attached hydrogens (primary N) is 1. The highest BCUT2D eigenvalue weighted by atomic mass is 15.3. The van der Waals surface area contributed by atoms with Crippen LogP contribution in [0.5, 0.6) is 0 Å². The van der Waals surface area contributed by atoms with Crippen molar-refractivity contribution in [3.8, 4) is 0 Å². The van der Waals surface area contributed by atoms with Crippen molar-refractivity contribution in [3.63, 3.8) is 0 Å². The SMILES string of the molecule is CCN(CC(C)C)c1nc(NN)cn2ccnc12. The molecule has 98 valence electrons. The van der Waals surface area contributed by atoms with Crippen molar-refractivity contribution >= 4 is 17.3 Å². The van der Waals surface area contributed by atoms with Gasteiger partial charge in [-0.1, -0.05) is 13.8 Å². The Kier molecular flexibility index (Phi) is 3.66. The average molecular weight is 248 g/mol. The Morgan fingerprint density at radius 3 is 2.89 bits per heavy atom. The molecule has 0 aromatic carbocycles. The lowest BCUT2D eigenvalue weighted by atomic mass is 10.2. The number of fused-ring (bicyclic) bond motifs is 1. The van der Waals surface area contributed by atoms with Crippen molar-refractivity contribution in [2.24, 2.45) is 11.8 Å². The van der Waals surface area contributed by atoms with E-state index < -0.39 is 0 Å². The number of rotatable bonds is 5. The normalized spacial score (nSPS) is 11.2. The van der Waals surface area contributed by atoms with Crippen LogP contribution < -0.4 is 16.2 Å². The molecule has 6 heteroatoms. The Morgan fingerprint density at radius 2 is 2.28 bits per heavy atom. The fourth-order valence-corrected chi connectivity index (χ4v) is 2.00. The third-order valence-corrected chi connectivity index (χ3v) is 2.77. The molecule has 2 rings (SSSR count). The summed E-state index contributed by atoms with van der Waals surface area (Å²) >= 11 is 0. The van der Waals surface area contributed by atoms with E-state index in [1.807, 2.05) is 16.8 Å². The van der Waals surface area contributed by atoms with Gasteiger partial charge in [0.2, 0.25) is 0 Å². The van der Waals surface area contributed by atoms with E-state index in [0.717, 1.165) is 24.6 Å². The Hall–Kier alpha value is -1.82. The first-order valence-electron chi connectivity index (χ1n) is 6.21. The summed E-state index contributed by atoms with van der Waals surface area (Å²) in [6, 6.07) is 0. The molecule has 2 aromatic heterocycles. The van der Waals surface area contributed by atoms with Gasteiger partial charge in [-0.2, -0.15) is 0 Å². The molecule has 0 unspecified atom stereocenters. The number of nitrogen functional groups attached to an aromatic ring is 1. The number of nitrogens with zero attached hydrogens (tertiary/aromatic N) is 4. The van der Waals surface area contributed by atoms with Crippen LogP contribution in [0.2, 0.25) is 0 Å². The van der Waals surface area contributed by atoms with Crippen LogP contribution in [0.3, 0.4) is 0 Å². The van der Waals surface area contributed by atoms with E-state index in [0.29, 0.717) is 11.7 Å². The molecule has 0 bridgehead atoms. The minimum Gasteiger partial charge on any atom is -0.353 e. The minimum atomic E-state index is 0.566. The fraction of sp³-hybridized carbons (Fsp3) is 0.500. The summed E-state index contributed by atoms with van der Waals surface area (Å²) in [6.07, 6.45) is 5.49. The van der Waals surface area contributed by atoms with Crippen LogP contribution in [0, 0.1) is 5.92 Å². The van der Waals surface area contributed by atoms with E-state index in [2.05, 4.69) is 41.1 Å². The maximum Gasteiger partial charge on any atom is 0.180 e. The van der Waals surface area contributed by atoms with E-state index in [-0.39, 0.29) is 0 Å². The molecule has 3 N–H and O–H groups in total. The molecule has 2 heterocycles. The maximum atomic E-state index is 5.46. The molecule has 0 atom stereocenters. The second kappa shape index (κ2) is 5.22. The highest BCUT2D eigenvalue weighted by Gasteiger charge is 2.14. The smallest absolute Gasteiger partial charge is 0.180 e. The molecular weight excluding hydrogens is 228 g/mol. The number of nitrogens with one attached hydrogen (secondary N) is 1. The molecule has 0 radical (unpaired) electrons. The molecule has 0 saturated carbocycles. The van der Waals surface area contributed by atoms with Crippen molar-refractivity contribution in [2.45, 2.75) is 20.8 Å². The lowest BCUT2D eigenvalue weighted by Gasteiger charge is -2.24. The predicted molar refractivity (Wildman–Crippen MR) is 73.5 cm³/mol. The van der Waals surface area contributed by atoms with Gasteiger partial charge < -0.3 is 14.7 Å². The highest BCUT2D eigenvalue weighted by Crippen LogP contribution is 2.21. The zero-order chi connectivity index (χ0) is 13.1. The number of hydrogen-bond acceptors (Lipinski definition) is 5. The summed E-state index contributed by atoms with van der Waals surface area (Å²) in [6.45, 7) is 8.33. The lowest BCUT2D eigenvalue weighted by Crippen LogP contribution is -2.29. The molecule has 2 aromatic rings. The monoisotopic (exact) mass is 248 g/mol. The number of aromatic nitrogens is 3. The van der Waals surface area contributed by atoms with Gasteiger partial charge in [0.05, 0.1) is 6.20 Å². The third kappa shape index (κ3) is 2.38. The van der Waals surface area contributed by atoms with Gasteiger partial charge in [0.25, 0.3) is 0 Å². The molecule has 0 amide bonds. The second-order valence-electron chi connectivity index (χ2n) is 4.68. The second-order valence-corrected chi connectivity index (χ2v) is 4.68. The first kappa shape index (κ1) is 12.6. The topological polar surface area (TPSA) is 71.5 Å². The zero-order valence-electron chi connectivity index (χ0n) is 11.1. The van der Waals surface area contributed by atoms with Gasteiger partial charge >= 0.3 is 0 Å². The summed E-state index contributed by atoms with van der Waals surface area (Å²) in [4.78, 5) is 11.1. The van der Waals surface area contributed by atoms with Crippen molar-refractivity contribution in [2.75, 3.05) is 23.4 Å². The largest absolute Gasteiger partial charge is 0.353 e. The first-order valence-corrected chi connectivity index (χ1v) is 6.21. The average Bonchev–Trinajstić information content (AvgIpc) is 2.82. The minimum absolute atomic E-state index is 0.566. The molecule has 0 aliphatic rings. The number of imidazole rings is 1. The Bertz CT molecular complexity index is 518. The number of hydrazine groups is 1. The Balaban J connectivity index is 2.49. The van der Waals surface area contributed by atoms with Gasteiger partial charge in [0.1, 0.15) is 0 Å². The number of hydrogen-bond donors (Lipinski definition) is 2. The fourth-order valence-electron chi connectivity index (χ4n) is 2.00. The van der Waals surface area contributed by atoms with Gasteiger partial charge in [-0.25, -0.2) is 15.8 Å². The summed E-state index contributed by atoms with van der Waals surface area (Å²) in [5.41, 5.74) is 3.45. The lowest BCUT2D eigenvalue weighted by molar-refractivity contribution is 0.615. The van der Waals surface area contributed by atoms with Crippen molar-refractivity contribution in [3.05, 3.63) is 18.6 Å². The maximum absolute atomic E-state index is 5.46. The van der Waals surface area contributed by atoms with Crippen molar-refractivity contribution in [1.82, 2.24) is 14.4 Å². The van der Waals surface area contributed by atoms with E-state index in [4.69, 9.17) is 5.84 Å². The van der Waals surface area contributed by atoms with Crippen LogP contribution in [0.15, 0.2) is 18.6 Å². The highest BCUT2D eigenvalue weighted by molar-refractivity contribution is 5.66. The molecule has 0 spiro atoms. The van der Waals surface area contributed by atoms with E-state index in [1.165, 1.54) is 0 Å². The van der Waals surface area contributed by atoms with Gasteiger partial charge in [-0.15, -0.1) is 0 Å². The first-order chi connectivity index (χ1) is 8.65. The van der Waals surface area contributed by atoms with Gasteiger partial charge in [0.15, 0.2) is 17.3 Å².